The average molecular weight is 286 g/mol. The first-order chi connectivity index (χ1) is 9.06. The van der Waals surface area contributed by atoms with Crippen molar-refractivity contribution in [2.24, 2.45) is 5.73 Å². The summed E-state index contributed by atoms with van der Waals surface area (Å²) in [7, 11) is 0. The number of aromatic nitrogens is 1. The number of thiazole rings is 1. The van der Waals surface area contributed by atoms with Gasteiger partial charge in [0, 0.05) is 24.5 Å². The monoisotopic (exact) mass is 286 g/mol. The normalized spacial score (nSPS) is 23.4. The van der Waals surface area contributed by atoms with E-state index in [0.29, 0.717) is 12.1 Å². The number of likely N-dealkylation sites (tertiary alicyclic amines) is 1. The fraction of sp³-hybridized carbons (Fsp3) is 0.545. The summed E-state index contributed by atoms with van der Waals surface area (Å²) in [6, 6.07) is -0.204. The maximum absolute atomic E-state index is 13.4. The first kappa shape index (κ1) is 13.9. The lowest BCUT2D eigenvalue weighted by Gasteiger charge is -2.22. The summed E-state index contributed by atoms with van der Waals surface area (Å²) < 4.78 is 13.4. The summed E-state index contributed by atoms with van der Waals surface area (Å²) in [5.41, 5.74) is 7.03. The molecule has 1 aliphatic rings. The van der Waals surface area contributed by atoms with E-state index in [1.54, 1.807) is 15.8 Å². The quantitative estimate of drug-likeness (QED) is 0.782. The summed E-state index contributed by atoms with van der Waals surface area (Å²) >= 11 is 1.33. The van der Waals surface area contributed by atoms with Gasteiger partial charge in [0.1, 0.15) is 11.9 Å². The van der Waals surface area contributed by atoms with Crippen molar-refractivity contribution in [2.75, 3.05) is 19.6 Å². The van der Waals surface area contributed by atoms with Crippen LogP contribution in [0.3, 0.4) is 0 Å². The molecule has 2 heterocycles. The van der Waals surface area contributed by atoms with Crippen LogP contribution in [0.25, 0.3) is 0 Å². The molecular formula is C11H15FN4O2S. The number of hydrogen-bond acceptors (Lipinski definition) is 5. The Morgan fingerprint density at radius 3 is 3.05 bits per heavy atom. The predicted molar refractivity (Wildman–Crippen MR) is 68.5 cm³/mol. The second kappa shape index (κ2) is 6.07. The minimum atomic E-state index is -0.986. The third-order valence-corrected chi connectivity index (χ3v) is 3.59. The minimum absolute atomic E-state index is 0.0116. The van der Waals surface area contributed by atoms with Gasteiger partial charge < -0.3 is 11.1 Å². The van der Waals surface area contributed by atoms with Crippen LogP contribution in [0, 0.1) is 0 Å². The van der Waals surface area contributed by atoms with Gasteiger partial charge in [0.25, 0.3) is 5.91 Å². The summed E-state index contributed by atoms with van der Waals surface area (Å²) in [6.07, 6.45) is -0.689. The van der Waals surface area contributed by atoms with Crippen LogP contribution in [0.5, 0.6) is 0 Å². The molecule has 0 spiro atoms. The number of halogens is 1. The molecule has 0 aliphatic carbocycles. The lowest BCUT2D eigenvalue weighted by molar-refractivity contribution is -0.119. The standard InChI is InChI=1S/C11H15FN4O2S/c12-7-1-8(16(3-7)4-10(13)17)2-14-11(18)9-5-19-6-15-9/h5-8H,1-4H2,(H2,13,17)(H,14,18)/t7-,8-/m0/s1. The topological polar surface area (TPSA) is 88.3 Å². The van der Waals surface area contributed by atoms with Gasteiger partial charge in [0.05, 0.1) is 12.1 Å². The molecule has 1 saturated heterocycles. The van der Waals surface area contributed by atoms with E-state index in [9.17, 15) is 14.0 Å². The number of carbonyl (C=O) groups is 2. The van der Waals surface area contributed by atoms with Crippen LogP contribution < -0.4 is 11.1 Å². The van der Waals surface area contributed by atoms with Crippen molar-refractivity contribution in [3.05, 3.63) is 16.6 Å². The number of hydrogen-bond donors (Lipinski definition) is 2. The maximum Gasteiger partial charge on any atom is 0.270 e. The molecule has 3 N–H and O–H groups in total. The van der Waals surface area contributed by atoms with E-state index in [4.69, 9.17) is 5.73 Å². The highest BCUT2D eigenvalue weighted by molar-refractivity contribution is 7.07. The number of amides is 2. The van der Waals surface area contributed by atoms with Crippen molar-refractivity contribution in [3.8, 4) is 0 Å². The lowest BCUT2D eigenvalue weighted by Crippen LogP contribution is -2.43. The first-order valence-electron chi connectivity index (χ1n) is 5.89. The van der Waals surface area contributed by atoms with Crippen LogP contribution in [0.4, 0.5) is 4.39 Å². The second-order valence-electron chi connectivity index (χ2n) is 4.47. The Hall–Kier alpha value is -1.54. The Morgan fingerprint density at radius 2 is 2.42 bits per heavy atom. The maximum atomic E-state index is 13.4. The van der Waals surface area contributed by atoms with Crippen LogP contribution in [-0.2, 0) is 4.79 Å². The van der Waals surface area contributed by atoms with Crippen molar-refractivity contribution in [1.82, 2.24) is 15.2 Å². The molecule has 2 atom stereocenters. The number of nitrogens with one attached hydrogen (secondary N) is 1. The van der Waals surface area contributed by atoms with Gasteiger partial charge in [0.15, 0.2) is 0 Å². The van der Waals surface area contributed by atoms with Gasteiger partial charge in [-0.05, 0) is 6.42 Å². The molecule has 2 amide bonds. The highest BCUT2D eigenvalue weighted by Gasteiger charge is 2.32. The van der Waals surface area contributed by atoms with Crippen LogP contribution in [0.2, 0.25) is 0 Å². The van der Waals surface area contributed by atoms with Gasteiger partial charge in [0.2, 0.25) is 5.91 Å². The van der Waals surface area contributed by atoms with Gasteiger partial charge >= 0.3 is 0 Å². The van der Waals surface area contributed by atoms with E-state index < -0.39 is 12.1 Å². The average Bonchev–Trinajstić information content (AvgIpc) is 2.95. The van der Waals surface area contributed by atoms with Crippen molar-refractivity contribution in [3.63, 3.8) is 0 Å². The number of rotatable bonds is 5. The Kier molecular flexibility index (Phi) is 4.43. The van der Waals surface area contributed by atoms with E-state index in [1.165, 1.54) is 11.3 Å². The fourth-order valence-electron chi connectivity index (χ4n) is 2.15. The van der Waals surface area contributed by atoms with E-state index in [1.807, 2.05) is 0 Å². The SMILES string of the molecule is NC(=O)CN1C[C@@H](F)C[C@H]1CNC(=O)c1cscn1. The van der Waals surface area contributed by atoms with E-state index >= 15 is 0 Å². The van der Waals surface area contributed by atoms with Gasteiger partial charge in [-0.2, -0.15) is 0 Å². The molecule has 0 radical (unpaired) electrons. The lowest BCUT2D eigenvalue weighted by atomic mass is 10.2. The van der Waals surface area contributed by atoms with E-state index in [0.717, 1.165) is 0 Å². The van der Waals surface area contributed by atoms with Crippen molar-refractivity contribution in [2.45, 2.75) is 18.6 Å². The molecule has 19 heavy (non-hydrogen) atoms. The third-order valence-electron chi connectivity index (χ3n) is 3.00. The van der Waals surface area contributed by atoms with E-state index in [-0.39, 0.29) is 31.6 Å². The molecule has 104 valence electrons. The van der Waals surface area contributed by atoms with Crippen LogP contribution in [0.15, 0.2) is 10.9 Å². The number of alkyl halides is 1. The zero-order chi connectivity index (χ0) is 13.8. The largest absolute Gasteiger partial charge is 0.369 e. The zero-order valence-corrected chi connectivity index (χ0v) is 11.0. The number of nitrogens with zero attached hydrogens (tertiary/aromatic N) is 2. The Labute approximate surface area is 113 Å². The van der Waals surface area contributed by atoms with Crippen LogP contribution in [0.1, 0.15) is 16.9 Å². The smallest absolute Gasteiger partial charge is 0.270 e. The molecule has 0 saturated carbocycles. The highest BCUT2D eigenvalue weighted by Crippen LogP contribution is 2.19. The molecule has 0 bridgehead atoms. The van der Waals surface area contributed by atoms with Crippen molar-refractivity contribution >= 4 is 23.2 Å². The summed E-state index contributed by atoms with van der Waals surface area (Å²) in [6.45, 7) is 0.474. The van der Waals surface area contributed by atoms with E-state index in [2.05, 4.69) is 10.3 Å². The van der Waals surface area contributed by atoms with Crippen molar-refractivity contribution in [1.29, 1.82) is 0 Å². The molecule has 6 nitrogen and oxygen atoms in total. The summed E-state index contributed by atoms with van der Waals surface area (Å²) in [4.78, 5) is 28.1. The molecule has 8 heteroatoms. The number of carbonyl (C=O) groups excluding carboxylic acids is 2. The highest BCUT2D eigenvalue weighted by atomic mass is 32.1. The third kappa shape index (κ3) is 3.71. The summed E-state index contributed by atoms with van der Waals surface area (Å²) in [5, 5.41) is 4.34. The molecule has 0 unspecified atom stereocenters. The fourth-order valence-corrected chi connectivity index (χ4v) is 2.69. The molecule has 2 rings (SSSR count). The van der Waals surface area contributed by atoms with Crippen LogP contribution >= 0.6 is 11.3 Å². The van der Waals surface area contributed by atoms with Crippen molar-refractivity contribution < 1.29 is 14.0 Å². The van der Waals surface area contributed by atoms with Gasteiger partial charge in [-0.25, -0.2) is 9.37 Å². The molecular weight excluding hydrogens is 271 g/mol. The molecule has 1 aliphatic heterocycles. The number of nitrogens with two attached hydrogens (primary N) is 1. The first-order valence-corrected chi connectivity index (χ1v) is 6.83. The predicted octanol–water partition coefficient (Wildman–Crippen LogP) is -0.229. The Morgan fingerprint density at radius 1 is 1.63 bits per heavy atom. The van der Waals surface area contributed by atoms with Gasteiger partial charge in [-0.1, -0.05) is 0 Å². The number of primary amides is 1. The molecule has 1 aromatic heterocycles. The van der Waals surface area contributed by atoms with Crippen LogP contribution in [-0.4, -0.2) is 53.5 Å². The van der Waals surface area contributed by atoms with Gasteiger partial charge in [-0.3, -0.25) is 14.5 Å². The zero-order valence-electron chi connectivity index (χ0n) is 10.2. The Balaban J connectivity index is 1.87. The molecule has 0 aromatic carbocycles. The second-order valence-corrected chi connectivity index (χ2v) is 5.18. The summed E-state index contributed by atoms with van der Waals surface area (Å²) in [5.74, 6) is -0.785. The molecule has 1 fully saturated rings. The minimum Gasteiger partial charge on any atom is -0.369 e. The molecule has 1 aromatic rings. The van der Waals surface area contributed by atoms with Gasteiger partial charge in [-0.15, -0.1) is 11.3 Å². The Bertz CT molecular complexity index is 454.